The van der Waals surface area contributed by atoms with Gasteiger partial charge in [0.1, 0.15) is 5.75 Å². The van der Waals surface area contributed by atoms with Gasteiger partial charge in [0.25, 0.3) is 0 Å². The highest BCUT2D eigenvalue weighted by atomic mass is 79.9. The molecular formula is C18H20Br2O. The van der Waals surface area contributed by atoms with E-state index in [0.717, 1.165) is 22.8 Å². The van der Waals surface area contributed by atoms with Crippen molar-refractivity contribution >= 4 is 31.9 Å². The van der Waals surface area contributed by atoms with E-state index in [0.29, 0.717) is 0 Å². The molecule has 0 heterocycles. The highest BCUT2D eigenvalue weighted by molar-refractivity contribution is 9.09. The topological polar surface area (TPSA) is 9.23 Å². The van der Waals surface area contributed by atoms with Crippen LogP contribution in [0.3, 0.4) is 0 Å². The summed E-state index contributed by atoms with van der Waals surface area (Å²) < 4.78 is 5.54. The van der Waals surface area contributed by atoms with Crippen molar-refractivity contribution in [3.8, 4) is 5.75 Å². The van der Waals surface area contributed by atoms with Crippen LogP contribution < -0.4 is 4.74 Å². The lowest BCUT2D eigenvalue weighted by atomic mass is 9.78. The van der Waals surface area contributed by atoms with Crippen LogP contribution in [0.15, 0.2) is 48.5 Å². The Morgan fingerprint density at radius 2 is 1.67 bits per heavy atom. The predicted octanol–water partition coefficient (Wildman–Crippen LogP) is 5.27. The second-order valence-corrected chi connectivity index (χ2v) is 6.53. The van der Waals surface area contributed by atoms with Gasteiger partial charge in [-0.25, -0.2) is 0 Å². The van der Waals surface area contributed by atoms with Gasteiger partial charge in [-0.15, -0.1) is 0 Å². The van der Waals surface area contributed by atoms with Crippen molar-refractivity contribution in [2.75, 3.05) is 17.8 Å². The van der Waals surface area contributed by atoms with E-state index in [-0.39, 0.29) is 5.41 Å². The van der Waals surface area contributed by atoms with E-state index >= 15 is 0 Å². The SMILES string of the molecule is COc1ccc(C)cc1CC(CBr)(CBr)c1ccccc1. The zero-order valence-electron chi connectivity index (χ0n) is 12.4. The van der Waals surface area contributed by atoms with Gasteiger partial charge < -0.3 is 4.74 Å². The lowest BCUT2D eigenvalue weighted by Gasteiger charge is -2.31. The second kappa shape index (κ2) is 7.46. The van der Waals surface area contributed by atoms with Gasteiger partial charge in [0.05, 0.1) is 7.11 Å². The Balaban J connectivity index is 2.44. The van der Waals surface area contributed by atoms with E-state index in [9.17, 15) is 0 Å². The molecule has 0 N–H and O–H groups in total. The van der Waals surface area contributed by atoms with Crippen LogP contribution in [0.25, 0.3) is 0 Å². The van der Waals surface area contributed by atoms with Crippen molar-refractivity contribution in [2.24, 2.45) is 0 Å². The van der Waals surface area contributed by atoms with Crippen molar-refractivity contribution in [1.29, 1.82) is 0 Å². The van der Waals surface area contributed by atoms with Crippen molar-refractivity contribution in [2.45, 2.75) is 18.8 Å². The van der Waals surface area contributed by atoms with Crippen molar-refractivity contribution in [3.05, 3.63) is 65.2 Å². The summed E-state index contributed by atoms with van der Waals surface area (Å²) in [6.07, 6.45) is 0.929. The third-order valence-corrected chi connectivity index (χ3v) is 6.01. The van der Waals surface area contributed by atoms with Crippen molar-refractivity contribution in [3.63, 3.8) is 0 Å². The van der Waals surface area contributed by atoms with Gasteiger partial charge in [-0.1, -0.05) is 79.9 Å². The number of alkyl halides is 2. The standard InChI is InChI=1S/C18H20Br2O/c1-14-8-9-17(21-2)15(10-14)11-18(12-19,13-20)16-6-4-3-5-7-16/h3-10H,11-13H2,1-2H3. The number of methoxy groups -OCH3 is 1. The van der Waals surface area contributed by atoms with Crippen LogP contribution in [0.2, 0.25) is 0 Å². The van der Waals surface area contributed by atoms with E-state index in [1.54, 1.807) is 7.11 Å². The third kappa shape index (κ3) is 3.70. The minimum atomic E-state index is 0.0162. The molecule has 0 radical (unpaired) electrons. The lowest BCUT2D eigenvalue weighted by Crippen LogP contribution is -2.33. The molecule has 0 aromatic heterocycles. The molecule has 2 aromatic carbocycles. The van der Waals surface area contributed by atoms with E-state index < -0.39 is 0 Å². The van der Waals surface area contributed by atoms with Gasteiger partial charge >= 0.3 is 0 Å². The summed E-state index contributed by atoms with van der Waals surface area (Å²) >= 11 is 7.44. The first-order valence-corrected chi connectivity index (χ1v) is 9.20. The molecule has 112 valence electrons. The maximum atomic E-state index is 5.54. The lowest BCUT2D eigenvalue weighted by molar-refractivity contribution is 0.404. The Morgan fingerprint density at radius 1 is 1.00 bits per heavy atom. The molecule has 0 saturated carbocycles. The summed E-state index contributed by atoms with van der Waals surface area (Å²) in [5.74, 6) is 0.961. The average molecular weight is 412 g/mol. The summed E-state index contributed by atoms with van der Waals surface area (Å²) in [6, 6.07) is 17.0. The summed E-state index contributed by atoms with van der Waals surface area (Å²) in [4.78, 5) is 0. The number of rotatable bonds is 6. The van der Waals surface area contributed by atoms with Gasteiger partial charge in [0, 0.05) is 16.1 Å². The molecule has 0 spiro atoms. The monoisotopic (exact) mass is 410 g/mol. The van der Waals surface area contributed by atoms with Gasteiger partial charge in [-0.3, -0.25) is 0 Å². The zero-order valence-corrected chi connectivity index (χ0v) is 15.6. The first kappa shape index (κ1) is 16.6. The van der Waals surface area contributed by atoms with Crippen LogP contribution in [0.5, 0.6) is 5.75 Å². The van der Waals surface area contributed by atoms with Gasteiger partial charge in [0.15, 0.2) is 0 Å². The molecule has 0 saturated heterocycles. The Labute approximate surface area is 144 Å². The maximum Gasteiger partial charge on any atom is 0.122 e. The minimum absolute atomic E-state index is 0.0162. The second-order valence-electron chi connectivity index (χ2n) is 5.41. The molecule has 3 heteroatoms. The van der Waals surface area contributed by atoms with E-state index in [1.807, 2.05) is 0 Å². The first-order chi connectivity index (χ1) is 10.1. The minimum Gasteiger partial charge on any atom is -0.496 e. The number of benzene rings is 2. The normalized spacial score (nSPS) is 11.4. The quantitative estimate of drug-likeness (QED) is 0.588. The maximum absolute atomic E-state index is 5.54. The number of aryl methyl sites for hydroxylation is 1. The van der Waals surface area contributed by atoms with Gasteiger partial charge in [-0.2, -0.15) is 0 Å². The molecule has 0 bridgehead atoms. The van der Waals surface area contributed by atoms with E-state index in [2.05, 4.69) is 87.3 Å². The molecule has 0 amide bonds. The molecule has 0 atom stereocenters. The Bertz CT molecular complexity index is 577. The zero-order chi connectivity index (χ0) is 15.3. The number of hydrogen-bond acceptors (Lipinski definition) is 1. The number of hydrogen-bond donors (Lipinski definition) is 0. The van der Waals surface area contributed by atoms with Crippen LogP contribution in [-0.2, 0) is 11.8 Å². The molecule has 0 aliphatic rings. The molecule has 0 aliphatic carbocycles. The fourth-order valence-electron chi connectivity index (χ4n) is 2.59. The summed E-state index contributed by atoms with van der Waals surface area (Å²) in [5, 5.41) is 1.79. The highest BCUT2D eigenvalue weighted by Gasteiger charge is 2.31. The fraction of sp³-hybridized carbons (Fsp3) is 0.333. The predicted molar refractivity (Wildman–Crippen MR) is 97.1 cm³/mol. The number of ether oxygens (including phenoxy) is 1. The van der Waals surface area contributed by atoms with Gasteiger partial charge in [-0.05, 0) is 30.5 Å². The number of halogens is 2. The molecule has 0 fully saturated rings. The Kier molecular flexibility index (Phi) is 5.88. The average Bonchev–Trinajstić information content (AvgIpc) is 2.54. The Hall–Kier alpha value is -0.800. The largest absolute Gasteiger partial charge is 0.496 e. The molecule has 2 aromatic rings. The summed E-state index contributed by atoms with van der Waals surface area (Å²) in [5.41, 5.74) is 3.86. The van der Waals surface area contributed by atoms with Gasteiger partial charge in [0.2, 0.25) is 0 Å². The smallest absolute Gasteiger partial charge is 0.122 e. The van der Waals surface area contributed by atoms with Crippen molar-refractivity contribution in [1.82, 2.24) is 0 Å². The molecule has 21 heavy (non-hydrogen) atoms. The molecule has 2 rings (SSSR count). The highest BCUT2D eigenvalue weighted by Crippen LogP contribution is 2.35. The van der Waals surface area contributed by atoms with Crippen LogP contribution in [0.4, 0.5) is 0 Å². The molecule has 0 aliphatic heterocycles. The molecule has 1 nitrogen and oxygen atoms in total. The first-order valence-electron chi connectivity index (χ1n) is 6.96. The molecule has 0 unspecified atom stereocenters. The summed E-state index contributed by atoms with van der Waals surface area (Å²) in [6.45, 7) is 2.12. The van der Waals surface area contributed by atoms with Crippen LogP contribution in [-0.4, -0.2) is 17.8 Å². The fourth-order valence-corrected chi connectivity index (χ4v) is 4.56. The van der Waals surface area contributed by atoms with Crippen LogP contribution in [0, 0.1) is 6.92 Å². The third-order valence-electron chi connectivity index (χ3n) is 3.86. The van der Waals surface area contributed by atoms with Crippen LogP contribution >= 0.6 is 31.9 Å². The van der Waals surface area contributed by atoms with Crippen LogP contribution in [0.1, 0.15) is 16.7 Å². The van der Waals surface area contributed by atoms with E-state index in [1.165, 1.54) is 16.7 Å². The van der Waals surface area contributed by atoms with Crippen molar-refractivity contribution < 1.29 is 4.74 Å². The van der Waals surface area contributed by atoms with E-state index in [4.69, 9.17) is 4.74 Å². The Morgan fingerprint density at radius 3 is 2.24 bits per heavy atom. The molecular weight excluding hydrogens is 392 g/mol. The summed E-state index contributed by atoms with van der Waals surface area (Å²) in [7, 11) is 1.74.